The highest BCUT2D eigenvalue weighted by Crippen LogP contribution is 2.28. The lowest BCUT2D eigenvalue weighted by Gasteiger charge is -2.09. The molecule has 0 spiro atoms. The molecule has 2 aromatic heterocycles. The van der Waals surface area contributed by atoms with E-state index in [1.54, 1.807) is 24.3 Å². The minimum absolute atomic E-state index is 0.216. The number of aromatic nitrogens is 1. The van der Waals surface area contributed by atoms with Gasteiger partial charge >= 0.3 is 12.0 Å². The molecule has 0 fully saturated rings. The van der Waals surface area contributed by atoms with Gasteiger partial charge in [-0.1, -0.05) is 30.3 Å². The van der Waals surface area contributed by atoms with Crippen LogP contribution in [0.1, 0.15) is 10.4 Å². The number of carbonyl (C=O) groups excluding carboxylic acids is 3. The van der Waals surface area contributed by atoms with Gasteiger partial charge in [-0.25, -0.2) is 14.6 Å². The first kappa shape index (κ1) is 19.2. The van der Waals surface area contributed by atoms with Crippen molar-refractivity contribution in [3.8, 4) is 10.6 Å². The summed E-state index contributed by atoms with van der Waals surface area (Å²) in [6.07, 6.45) is 1.48. The smallest absolute Gasteiger partial charge is 0.339 e. The standard InChI is InChI=1S/C20H17N3O4S/c1-2-9-21-20(26)23-18(24)12-27-19(25)14-11-16(17-8-5-10-28-17)22-15-7-4-3-6-13(14)15/h2-8,10-11H,1,9,12H2,(H2,21,23,24,26). The molecule has 3 amide bonds. The molecule has 3 aromatic rings. The SMILES string of the molecule is C=CCNC(=O)NC(=O)COC(=O)c1cc(-c2cccs2)nc2ccccc12. The van der Waals surface area contributed by atoms with Crippen LogP contribution in [-0.4, -0.2) is 36.0 Å². The lowest BCUT2D eigenvalue weighted by Crippen LogP contribution is -2.41. The summed E-state index contributed by atoms with van der Waals surface area (Å²) in [6, 6.07) is 12.0. The van der Waals surface area contributed by atoms with Crippen molar-refractivity contribution in [2.75, 3.05) is 13.2 Å². The number of fused-ring (bicyclic) bond motifs is 1. The molecule has 0 unspecified atom stereocenters. The van der Waals surface area contributed by atoms with Gasteiger partial charge in [0.15, 0.2) is 6.61 Å². The van der Waals surface area contributed by atoms with E-state index in [-0.39, 0.29) is 6.54 Å². The van der Waals surface area contributed by atoms with E-state index in [9.17, 15) is 14.4 Å². The molecule has 7 nitrogen and oxygen atoms in total. The second kappa shape index (κ2) is 8.92. The average Bonchev–Trinajstić information content (AvgIpc) is 3.24. The van der Waals surface area contributed by atoms with E-state index in [2.05, 4.69) is 22.2 Å². The van der Waals surface area contributed by atoms with Crippen LogP contribution in [0.4, 0.5) is 4.79 Å². The molecule has 0 saturated heterocycles. The van der Waals surface area contributed by atoms with E-state index >= 15 is 0 Å². The molecule has 3 rings (SSSR count). The highest BCUT2D eigenvalue weighted by molar-refractivity contribution is 7.13. The van der Waals surface area contributed by atoms with E-state index in [0.29, 0.717) is 22.2 Å². The summed E-state index contributed by atoms with van der Waals surface area (Å²) in [6.45, 7) is 3.09. The van der Waals surface area contributed by atoms with Crippen molar-refractivity contribution in [2.24, 2.45) is 0 Å². The van der Waals surface area contributed by atoms with Crippen LogP contribution < -0.4 is 10.6 Å². The number of hydrogen-bond acceptors (Lipinski definition) is 6. The Kier molecular flexibility index (Phi) is 6.13. The summed E-state index contributed by atoms with van der Waals surface area (Å²) in [5.41, 5.74) is 1.60. The Hall–Kier alpha value is -3.52. The van der Waals surface area contributed by atoms with Crippen LogP contribution in [0.25, 0.3) is 21.5 Å². The van der Waals surface area contributed by atoms with Crippen LogP contribution in [-0.2, 0) is 9.53 Å². The molecule has 28 heavy (non-hydrogen) atoms. The van der Waals surface area contributed by atoms with Gasteiger partial charge in [-0.05, 0) is 23.6 Å². The third kappa shape index (κ3) is 4.60. The number of para-hydroxylation sites is 1. The third-order valence-electron chi connectivity index (χ3n) is 3.70. The minimum Gasteiger partial charge on any atom is -0.452 e. The molecular weight excluding hydrogens is 378 g/mol. The van der Waals surface area contributed by atoms with Gasteiger partial charge in [0, 0.05) is 11.9 Å². The normalized spacial score (nSPS) is 10.3. The first-order chi connectivity index (χ1) is 13.6. The molecule has 0 saturated carbocycles. The quantitative estimate of drug-likeness (QED) is 0.494. The van der Waals surface area contributed by atoms with Gasteiger partial charge in [-0.15, -0.1) is 17.9 Å². The molecule has 2 N–H and O–H groups in total. The number of nitrogens with zero attached hydrogens (tertiary/aromatic N) is 1. The largest absolute Gasteiger partial charge is 0.452 e. The monoisotopic (exact) mass is 395 g/mol. The topological polar surface area (TPSA) is 97.4 Å². The number of pyridine rings is 1. The van der Waals surface area contributed by atoms with Crippen LogP contribution in [0.15, 0.2) is 60.5 Å². The van der Waals surface area contributed by atoms with Gasteiger partial charge in [-0.2, -0.15) is 0 Å². The molecule has 0 bridgehead atoms. The fourth-order valence-electron chi connectivity index (χ4n) is 2.48. The number of carbonyl (C=O) groups is 3. The molecule has 0 radical (unpaired) electrons. The maximum Gasteiger partial charge on any atom is 0.339 e. The zero-order valence-electron chi connectivity index (χ0n) is 14.8. The summed E-state index contributed by atoms with van der Waals surface area (Å²) in [5, 5.41) is 7.01. The zero-order chi connectivity index (χ0) is 19.9. The van der Waals surface area contributed by atoms with Crippen LogP contribution in [0.2, 0.25) is 0 Å². The Morgan fingerprint density at radius 3 is 2.75 bits per heavy atom. The van der Waals surface area contributed by atoms with E-state index in [0.717, 1.165) is 4.88 Å². The molecule has 1 aromatic carbocycles. The average molecular weight is 395 g/mol. The van der Waals surface area contributed by atoms with Crippen molar-refractivity contribution in [1.29, 1.82) is 0 Å². The Morgan fingerprint density at radius 2 is 2.00 bits per heavy atom. The van der Waals surface area contributed by atoms with Crippen molar-refractivity contribution in [3.05, 3.63) is 66.1 Å². The number of nitrogens with one attached hydrogen (secondary N) is 2. The molecule has 0 aliphatic rings. The third-order valence-corrected chi connectivity index (χ3v) is 4.60. The Balaban J connectivity index is 1.76. The van der Waals surface area contributed by atoms with E-state index < -0.39 is 24.5 Å². The second-order valence-corrected chi connectivity index (χ2v) is 6.62. The minimum atomic E-state index is -0.730. The number of hydrogen-bond donors (Lipinski definition) is 2. The Morgan fingerprint density at radius 1 is 1.18 bits per heavy atom. The van der Waals surface area contributed by atoms with Crippen molar-refractivity contribution in [1.82, 2.24) is 15.6 Å². The predicted octanol–water partition coefficient (Wildman–Crippen LogP) is 3.13. The highest BCUT2D eigenvalue weighted by Gasteiger charge is 2.17. The Labute approximate surface area is 165 Å². The van der Waals surface area contributed by atoms with Crippen LogP contribution in [0, 0.1) is 0 Å². The lowest BCUT2D eigenvalue weighted by atomic mass is 10.1. The fraction of sp³-hybridized carbons (Fsp3) is 0.100. The van der Waals surface area contributed by atoms with Gasteiger partial charge in [0.1, 0.15) is 0 Å². The molecule has 0 aliphatic carbocycles. The van der Waals surface area contributed by atoms with Crippen molar-refractivity contribution in [3.63, 3.8) is 0 Å². The summed E-state index contributed by atoms with van der Waals surface area (Å²) in [5.74, 6) is -1.40. The number of amides is 3. The maximum absolute atomic E-state index is 12.6. The van der Waals surface area contributed by atoms with Crippen molar-refractivity contribution in [2.45, 2.75) is 0 Å². The summed E-state index contributed by atoms with van der Waals surface area (Å²) in [4.78, 5) is 41.3. The predicted molar refractivity (Wildman–Crippen MR) is 107 cm³/mol. The summed E-state index contributed by atoms with van der Waals surface area (Å²) < 4.78 is 5.10. The first-order valence-electron chi connectivity index (χ1n) is 8.38. The van der Waals surface area contributed by atoms with Crippen molar-refractivity contribution < 1.29 is 19.1 Å². The van der Waals surface area contributed by atoms with Gasteiger partial charge in [0.2, 0.25) is 0 Å². The van der Waals surface area contributed by atoms with Crippen LogP contribution in [0.3, 0.4) is 0 Å². The van der Waals surface area contributed by atoms with E-state index in [1.807, 2.05) is 23.6 Å². The van der Waals surface area contributed by atoms with Gasteiger partial charge in [0.05, 0.1) is 21.7 Å². The summed E-state index contributed by atoms with van der Waals surface area (Å²) >= 11 is 1.51. The number of urea groups is 1. The second-order valence-electron chi connectivity index (χ2n) is 5.67. The van der Waals surface area contributed by atoms with Crippen LogP contribution in [0.5, 0.6) is 0 Å². The molecule has 2 heterocycles. The van der Waals surface area contributed by atoms with Gasteiger partial charge in [0.25, 0.3) is 5.91 Å². The summed E-state index contributed by atoms with van der Waals surface area (Å²) in [7, 11) is 0. The maximum atomic E-state index is 12.6. The number of ether oxygens (including phenoxy) is 1. The molecule has 0 aliphatic heterocycles. The first-order valence-corrected chi connectivity index (χ1v) is 9.26. The fourth-order valence-corrected chi connectivity index (χ4v) is 3.16. The number of rotatable bonds is 6. The van der Waals surface area contributed by atoms with Gasteiger partial charge < -0.3 is 10.1 Å². The number of imide groups is 1. The molecular formula is C20H17N3O4S. The molecule has 142 valence electrons. The number of esters is 1. The lowest BCUT2D eigenvalue weighted by molar-refractivity contribution is -0.123. The van der Waals surface area contributed by atoms with Gasteiger partial charge in [-0.3, -0.25) is 10.1 Å². The van der Waals surface area contributed by atoms with Crippen LogP contribution >= 0.6 is 11.3 Å². The van der Waals surface area contributed by atoms with E-state index in [4.69, 9.17) is 4.74 Å². The van der Waals surface area contributed by atoms with Crippen molar-refractivity contribution >= 4 is 40.1 Å². The number of thiophene rings is 1. The molecule has 0 atom stereocenters. The van der Waals surface area contributed by atoms with E-state index in [1.165, 1.54) is 17.4 Å². The zero-order valence-corrected chi connectivity index (χ0v) is 15.6. The highest BCUT2D eigenvalue weighted by atomic mass is 32.1. The molecule has 8 heteroatoms. The Bertz CT molecular complexity index is 1030. The number of benzene rings is 1.